The van der Waals surface area contributed by atoms with Gasteiger partial charge in [-0.15, -0.1) is 0 Å². The van der Waals surface area contributed by atoms with Crippen LogP contribution in [0.4, 0.5) is 0 Å². The van der Waals surface area contributed by atoms with E-state index in [0.717, 1.165) is 45.8 Å². The van der Waals surface area contributed by atoms with Gasteiger partial charge in [0.1, 0.15) is 0 Å². The van der Waals surface area contributed by atoms with Crippen molar-refractivity contribution in [1.82, 2.24) is 4.90 Å². The first-order chi connectivity index (χ1) is 8.63. The van der Waals surface area contributed by atoms with Gasteiger partial charge in [0.25, 0.3) is 0 Å². The highest BCUT2D eigenvalue weighted by atomic mass is 16.5. The van der Waals surface area contributed by atoms with Crippen molar-refractivity contribution in [2.45, 2.75) is 26.7 Å². The molecule has 1 atom stereocenters. The maximum absolute atomic E-state index is 5.87. The minimum atomic E-state index is 0.587. The first-order valence-electron chi connectivity index (χ1n) is 7.04. The van der Waals surface area contributed by atoms with Crippen molar-refractivity contribution in [2.24, 2.45) is 17.6 Å². The number of nitrogens with two attached hydrogens (primary N) is 1. The molecule has 0 aliphatic carbocycles. The van der Waals surface area contributed by atoms with E-state index in [-0.39, 0.29) is 0 Å². The van der Waals surface area contributed by atoms with Crippen LogP contribution in [-0.4, -0.2) is 58.5 Å². The Morgan fingerprint density at radius 2 is 1.72 bits per heavy atom. The average molecular weight is 260 g/mol. The lowest BCUT2D eigenvalue weighted by atomic mass is 9.96. The predicted octanol–water partition coefficient (Wildman–Crippen LogP) is 1.59. The van der Waals surface area contributed by atoms with Gasteiger partial charge in [-0.3, -0.25) is 0 Å². The molecule has 0 aliphatic rings. The van der Waals surface area contributed by atoms with E-state index in [1.54, 1.807) is 14.2 Å². The van der Waals surface area contributed by atoms with Gasteiger partial charge < -0.3 is 20.1 Å². The fourth-order valence-electron chi connectivity index (χ4n) is 2.22. The molecular formula is C14H32N2O2. The van der Waals surface area contributed by atoms with Crippen molar-refractivity contribution in [2.75, 3.05) is 53.6 Å². The summed E-state index contributed by atoms with van der Waals surface area (Å²) in [4.78, 5) is 2.45. The van der Waals surface area contributed by atoms with E-state index >= 15 is 0 Å². The van der Waals surface area contributed by atoms with E-state index in [9.17, 15) is 0 Å². The van der Waals surface area contributed by atoms with E-state index in [1.165, 1.54) is 6.42 Å². The molecule has 0 spiro atoms. The van der Waals surface area contributed by atoms with Crippen molar-refractivity contribution in [3.63, 3.8) is 0 Å². The van der Waals surface area contributed by atoms with Crippen LogP contribution in [0, 0.1) is 11.8 Å². The fourth-order valence-corrected chi connectivity index (χ4v) is 2.22. The Balaban J connectivity index is 4.08. The number of rotatable bonds is 12. The average Bonchev–Trinajstić information content (AvgIpc) is 2.34. The lowest BCUT2D eigenvalue weighted by Crippen LogP contribution is -2.36. The van der Waals surface area contributed by atoms with Crippen molar-refractivity contribution < 1.29 is 9.47 Å². The van der Waals surface area contributed by atoms with Crippen molar-refractivity contribution >= 4 is 0 Å². The Hall–Kier alpha value is -0.160. The summed E-state index contributed by atoms with van der Waals surface area (Å²) in [6.45, 7) is 10.0. The molecule has 0 amide bonds. The summed E-state index contributed by atoms with van der Waals surface area (Å²) in [6, 6.07) is 0. The Bertz CT molecular complexity index is 177. The van der Waals surface area contributed by atoms with Crippen LogP contribution in [0.25, 0.3) is 0 Å². The van der Waals surface area contributed by atoms with Crippen LogP contribution in [0.1, 0.15) is 26.7 Å². The monoisotopic (exact) mass is 260 g/mol. The highest BCUT2D eigenvalue weighted by molar-refractivity contribution is 4.69. The van der Waals surface area contributed by atoms with Crippen molar-refractivity contribution in [1.29, 1.82) is 0 Å². The molecule has 0 aromatic carbocycles. The Kier molecular flexibility index (Phi) is 11.8. The summed E-state index contributed by atoms with van der Waals surface area (Å²) in [6.07, 6.45) is 2.27. The van der Waals surface area contributed by atoms with Crippen LogP contribution in [-0.2, 0) is 9.47 Å². The standard InChI is InChI=1S/C14H32N2O2/c1-13(2)10-14(11-15)12-16(7-9-18-4)6-5-8-17-3/h13-14H,5-12,15H2,1-4H3. The molecule has 1 unspecified atom stereocenters. The second kappa shape index (κ2) is 11.9. The molecule has 0 radical (unpaired) electrons. The van der Waals surface area contributed by atoms with Gasteiger partial charge in [0, 0.05) is 40.5 Å². The molecule has 18 heavy (non-hydrogen) atoms. The zero-order valence-electron chi connectivity index (χ0n) is 12.7. The molecule has 4 nitrogen and oxygen atoms in total. The second-order valence-electron chi connectivity index (χ2n) is 5.37. The highest BCUT2D eigenvalue weighted by Crippen LogP contribution is 2.12. The third-order valence-electron chi connectivity index (χ3n) is 3.09. The smallest absolute Gasteiger partial charge is 0.0589 e. The third-order valence-corrected chi connectivity index (χ3v) is 3.09. The topological polar surface area (TPSA) is 47.7 Å². The second-order valence-corrected chi connectivity index (χ2v) is 5.37. The van der Waals surface area contributed by atoms with E-state index < -0.39 is 0 Å². The molecule has 0 saturated heterocycles. The normalized spacial score (nSPS) is 13.5. The van der Waals surface area contributed by atoms with Crippen molar-refractivity contribution in [3.05, 3.63) is 0 Å². The molecular weight excluding hydrogens is 228 g/mol. The fraction of sp³-hybridized carbons (Fsp3) is 1.00. The van der Waals surface area contributed by atoms with Gasteiger partial charge in [0.2, 0.25) is 0 Å². The molecule has 2 N–H and O–H groups in total. The number of hydrogen-bond acceptors (Lipinski definition) is 4. The van der Waals surface area contributed by atoms with Gasteiger partial charge >= 0.3 is 0 Å². The van der Waals surface area contributed by atoms with Crippen LogP contribution < -0.4 is 5.73 Å². The summed E-state index contributed by atoms with van der Waals surface area (Å²) in [7, 11) is 3.50. The first-order valence-corrected chi connectivity index (χ1v) is 7.04. The molecule has 0 aromatic heterocycles. The zero-order valence-corrected chi connectivity index (χ0v) is 12.7. The minimum Gasteiger partial charge on any atom is -0.385 e. The maximum Gasteiger partial charge on any atom is 0.0589 e. The molecule has 0 saturated carbocycles. The molecule has 0 fully saturated rings. The van der Waals surface area contributed by atoms with Gasteiger partial charge in [0.15, 0.2) is 0 Å². The van der Waals surface area contributed by atoms with Gasteiger partial charge in [0.05, 0.1) is 6.61 Å². The highest BCUT2D eigenvalue weighted by Gasteiger charge is 2.14. The third kappa shape index (κ3) is 9.83. The Morgan fingerprint density at radius 1 is 1.06 bits per heavy atom. The molecule has 4 heteroatoms. The van der Waals surface area contributed by atoms with Crippen LogP contribution >= 0.6 is 0 Å². The quantitative estimate of drug-likeness (QED) is 0.541. The maximum atomic E-state index is 5.87. The number of ether oxygens (including phenoxy) is 2. The van der Waals surface area contributed by atoms with E-state index in [2.05, 4.69) is 18.7 Å². The Morgan fingerprint density at radius 3 is 2.22 bits per heavy atom. The molecule has 0 heterocycles. The molecule has 0 aromatic rings. The summed E-state index contributed by atoms with van der Waals surface area (Å²) < 4.78 is 10.3. The molecule has 0 aliphatic heterocycles. The van der Waals surface area contributed by atoms with Gasteiger partial charge in [-0.1, -0.05) is 13.8 Å². The van der Waals surface area contributed by atoms with Crippen LogP contribution in [0.2, 0.25) is 0 Å². The summed E-state index contributed by atoms with van der Waals surface area (Å²) in [5.74, 6) is 1.30. The van der Waals surface area contributed by atoms with E-state index in [1.807, 2.05) is 0 Å². The van der Waals surface area contributed by atoms with Gasteiger partial charge in [-0.25, -0.2) is 0 Å². The number of hydrogen-bond donors (Lipinski definition) is 1. The molecule has 0 rings (SSSR count). The molecule has 0 bridgehead atoms. The van der Waals surface area contributed by atoms with E-state index in [0.29, 0.717) is 11.8 Å². The number of methoxy groups -OCH3 is 2. The van der Waals surface area contributed by atoms with Crippen LogP contribution in [0.3, 0.4) is 0 Å². The summed E-state index contributed by atoms with van der Waals surface area (Å²) in [5, 5.41) is 0. The largest absolute Gasteiger partial charge is 0.385 e. The van der Waals surface area contributed by atoms with E-state index in [4.69, 9.17) is 15.2 Å². The SMILES string of the molecule is COCCCN(CCOC)CC(CN)CC(C)C. The Labute approximate surface area is 113 Å². The summed E-state index contributed by atoms with van der Waals surface area (Å²) >= 11 is 0. The van der Waals surface area contributed by atoms with Crippen molar-refractivity contribution in [3.8, 4) is 0 Å². The number of nitrogens with zero attached hydrogens (tertiary/aromatic N) is 1. The van der Waals surface area contributed by atoms with Gasteiger partial charge in [-0.2, -0.15) is 0 Å². The lowest BCUT2D eigenvalue weighted by molar-refractivity contribution is 0.120. The van der Waals surface area contributed by atoms with Crippen LogP contribution in [0.15, 0.2) is 0 Å². The predicted molar refractivity (Wildman–Crippen MR) is 76.8 cm³/mol. The van der Waals surface area contributed by atoms with Gasteiger partial charge in [-0.05, 0) is 31.2 Å². The van der Waals surface area contributed by atoms with Crippen LogP contribution in [0.5, 0.6) is 0 Å². The zero-order chi connectivity index (χ0) is 13.8. The summed E-state index contributed by atoms with van der Waals surface area (Å²) in [5.41, 5.74) is 5.87. The minimum absolute atomic E-state index is 0.587. The molecule has 110 valence electrons. The lowest BCUT2D eigenvalue weighted by Gasteiger charge is -2.27. The first kappa shape index (κ1) is 17.8.